The third-order valence-corrected chi connectivity index (χ3v) is 15.0. The normalized spacial score (nSPS) is 31.5. The zero-order valence-electron chi connectivity index (χ0n) is 37.6. The van der Waals surface area contributed by atoms with E-state index in [0.717, 1.165) is 0 Å². The van der Waals surface area contributed by atoms with Crippen molar-refractivity contribution in [3.8, 4) is 17.2 Å². The molecule has 5 aliphatic heterocycles. The molecule has 2 amide bonds. The van der Waals surface area contributed by atoms with Gasteiger partial charge < -0.3 is 53.2 Å². The zero-order valence-corrected chi connectivity index (χ0v) is 38.4. The van der Waals surface area contributed by atoms with Gasteiger partial charge in [0.1, 0.15) is 48.4 Å². The molecule has 10 atom stereocenters. The van der Waals surface area contributed by atoms with Crippen molar-refractivity contribution in [2.75, 3.05) is 59.5 Å². The van der Waals surface area contributed by atoms with E-state index in [1.54, 1.807) is 6.26 Å². The Labute approximate surface area is 390 Å². The number of phenolic OH excluding ortho intramolecular Hbond substituents is 2. The highest BCUT2D eigenvalue weighted by molar-refractivity contribution is 8.00. The second-order valence-corrected chi connectivity index (χ2v) is 19.2. The number of morpholine rings is 1. The Balaban J connectivity index is 0.884. The van der Waals surface area contributed by atoms with Gasteiger partial charge in [-0.05, 0) is 44.9 Å². The molecule has 3 unspecified atom stereocenters. The number of Topliss-reactive ketones (excluding diaryl/α,β-unsaturated/α-hetero) is 2. The van der Waals surface area contributed by atoms with Crippen molar-refractivity contribution in [3.63, 3.8) is 0 Å². The highest BCUT2D eigenvalue weighted by Crippen LogP contribution is 2.53. The lowest BCUT2D eigenvalue weighted by Crippen LogP contribution is -2.53. The van der Waals surface area contributed by atoms with Gasteiger partial charge in [0.2, 0.25) is 17.6 Å². The molecule has 7 aliphatic rings. The summed E-state index contributed by atoms with van der Waals surface area (Å²) in [5.41, 5.74) is -3.50. The number of amides is 2. The van der Waals surface area contributed by atoms with Crippen molar-refractivity contribution in [2.24, 2.45) is 0 Å². The number of methoxy groups -OCH3 is 1. The van der Waals surface area contributed by atoms with Gasteiger partial charge in [-0.2, -0.15) is 11.8 Å². The fourth-order valence-electron chi connectivity index (χ4n) is 10.6. The average Bonchev–Trinajstić information content (AvgIpc) is 3.83. The maximum absolute atomic E-state index is 14.2. The molecule has 0 bridgehead atoms. The van der Waals surface area contributed by atoms with Gasteiger partial charge in [0.05, 0.1) is 67.2 Å². The second-order valence-electron chi connectivity index (χ2n) is 18.2. The first-order valence-corrected chi connectivity index (χ1v) is 24.2. The second kappa shape index (κ2) is 19.6. The molecule has 2 aromatic carbocycles. The Kier molecular flexibility index (Phi) is 13.9. The monoisotopic (exact) mass is 952 g/mol. The van der Waals surface area contributed by atoms with Crippen molar-refractivity contribution in [1.29, 1.82) is 0 Å². The molecule has 2 aromatic rings. The topological polar surface area (TPSA) is 243 Å². The summed E-state index contributed by atoms with van der Waals surface area (Å²) in [6.07, 6.45) is -1.18. The van der Waals surface area contributed by atoms with Crippen LogP contribution < -0.4 is 4.74 Å². The van der Waals surface area contributed by atoms with Gasteiger partial charge in [-0.25, -0.2) is 0 Å². The predicted molar refractivity (Wildman–Crippen MR) is 233 cm³/mol. The van der Waals surface area contributed by atoms with E-state index < -0.39 is 95.9 Å². The quantitative estimate of drug-likeness (QED) is 0.138. The van der Waals surface area contributed by atoms with Crippen LogP contribution in [0.4, 0.5) is 0 Å². The number of aliphatic hydroxyl groups is 1. The third kappa shape index (κ3) is 9.05. The molecule has 2 aliphatic carbocycles. The van der Waals surface area contributed by atoms with Gasteiger partial charge in [0, 0.05) is 67.9 Å². The largest absolute Gasteiger partial charge is 0.507 e. The Morgan fingerprint density at radius 3 is 2.57 bits per heavy atom. The lowest BCUT2D eigenvalue weighted by atomic mass is 9.72. The van der Waals surface area contributed by atoms with Crippen LogP contribution in [0.15, 0.2) is 18.2 Å². The fraction of sp³-hybridized carbons (Fsp3) is 0.617. The standard InChI is InChI=1S/C47H56N2O17S/c1-23-45-28(48-13-14-60-22-34(48)66-45)15-36(63-23)65-30-18-47(58,17-27-38(30)44(56)40-39(42(27)54)41(53)26-9-5-10-29(59-2)37(26)43(40)55)32(51)21-62-35-11-4-8-25(64-35)20-61-19-24(50)7-6-12-49-33(52)16-31(67-3)46(49)57/h5,9-10,23,25,28,30-31,34-36,45,54,56,58H,4,6-8,11-22H2,1-3H3/t23-,25?,28-,30-,31?,34+,35?,36-,45+,47-/m0/s1. The van der Waals surface area contributed by atoms with E-state index in [0.29, 0.717) is 51.9 Å². The SMILES string of the molecule is COc1cccc2c1C(=O)c1c(O)c3c(c(O)c1C2=O)C[C@@](O)(C(=O)COC1CCCC(COCC(=O)CCCN2C(=O)CC(SC)C2=O)O1)C[C@@H]3O[C@H]1C[C@H]2[C@H](O[C@@H]3COCCN32)[C@H](C)O1. The van der Waals surface area contributed by atoms with Gasteiger partial charge in [0.15, 0.2) is 29.9 Å². The number of phenols is 2. The van der Waals surface area contributed by atoms with Crippen LogP contribution in [-0.4, -0.2) is 174 Å². The van der Waals surface area contributed by atoms with Gasteiger partial charge in [-0.15, -0.1) is 0 Å². The number of benzene rings is 2. The summed E-state index contributed by atoms with van der Waals surface area (Å²) in [4.78, 5) is 83.1. The van der Waals surface area contributed by atoms with Crippen LogP contribution in [-0.2, 0) is 58.8 Å². The van der Waals surface area contributed by atoms with Gasteiger partial charge in [-0.3, -0.25) is 38.6 Å². The van der Waals surface area contributed by atoms with Crippen molar-refractivity contribution in [3.05, 3.63) is 51.6 Å². The molecule has 3 N–H and O–H groups in total. The molecular weight excluding hydrogens is 897 g/mol. The molecule has 5 fully saturated rings. The maximum atomic E-state index is 14.2. The van der Waals surface area contributed by atoms with E-state index in [4.69, 9.17) is 37.9 Å². The van der Waals surface area contributed by atoms with Crippen molar-refractivity contribution >= 4 is 46.7 Å². The van der Waals surface area contributed by atoms with Crippen LogP contribution in [0.2, 0.25) is 0 Å². The number of carbonyl (C=O) groups excluding carboxylic acids is 6. The van der Waals surface area contributed by atoms with E-state index in [1.807, 2.05) is 6.92 Å². The minimum Gasteiger partial charge on any atom is -0.507 e. The van der Waals surface area contributed by atoms with Crippen LogP contribution in [0.3, 0.4) is 0 Å². The zero-order chi connectivity index (χ0) is 47.3. The van der Waals surface area contributed by atoms with Crippen molar-refractivity contribution in [1.82, 2.24) is 9.80 Å². The number of aromatic hydroxyl groups is 2. The fourth-order valence-corrected chi connectivity index (χ4v) is 11.3. The Morgan fingerprint density at radius 1 is 0.985 bits per heavy atom. The van der Waals surface area contributed by atoms with E-state index in [2.05, 4.69) is 4.90 Å². The van der Waals surface area contributed by atoms with E-state index in [9.17, 15) is 44.1 Å². The first kappa shape index (κ1) is 47.7. The van der Waals surface area contributed by atoms with Gasteiger partial charge in [-0.1, -0.05) is 12.1 Å². The number of thioether (sulfide) groups is 1. The van der Waals surface area contributed by atoms with Gasteiger partial charge >= 0.3 is 0 Å². The molecular formula is C47H56N2O17S. The Bertz CT molecular complexity index is 2320. The summed E-state index contributed by atoms with van der Waals surface area (Å²) < 4.78 is 47.9. The summed E-state index contributed by atoms with van der Waals surface area (Å²) in [7, 11) is 1.35. The van der Waals surface area contributed by atoms with E-state index >= 15 is 0 Å². The maximum Gasteiger partial charge on any atom is 0.242 e. The molecule has 5 heterocycles. The molecule has 20 heteroatoms. The third-order valence-electron chi connectivity index (χ3n) is 14.0. The predicted octanol–water partition coefficient (Wildman–Crippen LogP) is 2.51. The molecule has 0 aromatic heterocycles. The lowest BCUT2D eigenvalue weighted by molar-refractivity contribution is -0.247. The molecule has 0 radical (unpaired) electrons. The number of carbonyl (C=O) groups is 6. The van der Waals surface area contributed by atoms with Crippen LogP contribution in [0.1, 0.15) is 107 Å². The highest BCUT2D eigenvalue weighted by Gasteiger charge is 2.54. The minimum absolute atomic E-state index is 0.0492. The van der Waals surface area contributed by atoms with E-state index in [-0.39, 0.29) is 102 Å². The number of rotatable bonds is 16. The van der Waals surface area contributed by atoms with Crippen LogP contribution in [0, 0.1) is 0 Å². The van der Waals surface area contributed by atoms with Crippen LogP contribution >= 0.6 is 11.8 Å². The first-order valence-electron chi connectivity index (χ1n) is 22.9. The Hall–Kier alpha value is -4.35. The number of hydrogen-bond acceptors (Lipinski definition) is 19. The number of nitrogens with zero attached hydrogens (tertiary/aromatic N) is 2. The van der Waals surface area contributed by atoms with Crippen molar-refractivity contribution in [2.45, 2.75) is 125 Å². The lowest BCUT2D eigenvalue weighted by Gasteiger charge is -2.43. The average molecular weight is 953 g/mol. The molecule has 67 heavy (non-hydrogen) atoms. The van der Waals surface area contributed by atoms with Crippen LogP contribution in [0.25, 0.3) is 0 Å². The number of likely N-dealkylation sites (tertiary alicyclic amines) is 1. The number of fused-ring (bicyclic) bond motifs is 6. The molecule has 5 saturated heterocycles. The summed E-state index contributed by atoms with van der Waals surface area (Å²) in [6.45, 7) is 2.84. The smallest absolute Gasteiger partial charge is 0.242 e. The summed E-state index contributed by atoms with van der Waals surface area (Å²) in [5.74, 6) is -4.14. The molecule has 9 rings (SSSR count). The number of ether oxygens (including phenoxy) is 8. The van der Waals surface area contributed by atoms with Crippen molar-refractivity contribution < 1.29 is 82.0 Å². The van der Waals surface area contributed by atoms with E-state index in [1.165, 1.54) is 42.0 Å². The van der Waals surface area contributed by atoms with Crippen LogP contribution in [0.5, 0.6) is 17.2 Å². The van der Waals surface area contributed by atoms with Gasteiger partial charge in [0.25, 0.3) is 0 Å². The molecule has 19 nitrogen and oxygen atoms in total. The first-order chi connectivity index (χ1) is 32.2. The number of hydrogen-bond donors (Lipinski definition) is 3. The molecule has 0 saturated carbocycles. The molecule has 0 spiro atoms. The highest BCUT2D eigenvalue weighted by atomic mass is 32.2. The summed E-state index contributed by atoms with van der Waals surface area (Å²) in [6, 6.07) is 4.32. The summed E-state index contributed by atoms with van der Waals surface area (Å²) >= 11 is 1.34. The molecule has 362 valence electrons. The number of ketones is 4. The number of imide groups is 1. The minimum atomic E-state index is -2.27. The summed E-state index contributed by atoms with van der Waals surface area (Å²) in [5, 5.41) is 36.1. The Morgan fingerprint density at radius 2 is 1.79 bits per heavy atom.